The molecule has 0 fully saturated rings. The Morgan fingerprint density at radius 1 is 0.938 bits per heavy atom. The predicted molar refractivity (Wildman–Crippen MR) is 78.1 cm³/mol. The Bertz CT molecular complexity index is 209. The van der Waals surface area contributed by atoms with Crippen molar-refractivity contribution in [1.29, 1.82) is 0 Å². The van der Waals surface area contributed by atoms with E-state index >= 15 is 0 Å². The highest BCUT2D eigenvalue weighted by Crippen LogP contribution is 2.13. The van der Waals surface area contributed by atoms with Gasteiger partial charge in [-0.25, -0.2) is 0 Å². The molecule has 0 radical (unpaired) electrons. The van der Waals surface area contributed by atoms with Crippen LogP contribution in [0, 0.1) is 0 Å². The average Bonchev–Trinajstić information content (AvgIpc) is 2.20. The second kappa shape index (κ2) is 9.43. The molecule has 94 valence electrons. The van der Waals surface area contributed by atoms with Gasteiger partial charge in [-0.3, -0.25) is 9.59 Å². The second-order valence-corrected chi connectivity index (χ2v) is 5.11. The maximum Gasteiger partial charge on any atom is 0.302 e. The lowest BCUT2D eigenvalue weighted by Crippen LogP contribution is -2.23. The summed E-state index contributed by atoms with van der Waals surface area (Å²) in [6.07, 6.45) is 1.28. The van der Waals surface area contributed by atoms with Crippen LogP contribution in [0.1, 0.15) is 26.7 Å². The van der Waals surface area contributed by atoms with Crippen LogP contribution in [0.5, 0.6) is 0 Å². The molecule has 2 atom stereocenters. The number of carbonyl (C=O) groups excluding carboxylic acids is 2. The minimum atomic E-state index is -0.264. The fraction of sp³-hybridized carbons (Fsp3) is 0.800. The molecule has 0 saturated heterocycles. The Balaban J connectivity index is 3.96. The summed E-state index contributed by atoms with van der Waals surface area (Å²) in [7, 11) is 0. The van der Waals surface area contributed by atoms with Crippen molar-refractivity contribution in [3.8, 4) is 0 Å². The number of carbonyl (C=O) groups is 2. The van der Waals surface area contributed by atoms with Crippen LogP contribution >= 0.6 is 45.2 Å². The van der Waals surface area contributed by atoms with Gasteiger partial charge in [-0.1, -0.05) is 45.2 Å². The Labute approximate surface area is 123 Å². The van der Waals surface area contributed by atoms with E-state index in [-0.39, 0.29) is 24.1 Å². The molecule has 0 aromatic heterocycles. The number of hydrogen-bond acceptors (Lipinski definition) is 4. The molecule has 0 bridgehead atoms. The third-order valence-electron chi connectivity index (χ3n) is 1.82. The van der Waals surface area contributed by atoms with Gasteiger partial charge in [-0.05, 0) is 12.8 Å². The molecule has 0 aliphatic carbocycles. The van der Waals surface area contributed by atoms with Crippen molar-refractivity contribution < 1.29 is 19.1 Å². The topological polar surface area (TPSA) is 52.6 Å². The van der Waals surface area contributed by atoms with Crippen LogP contribution in [0.2, 0.25) is 0 Å². The van der Waals surface area contributed by atoms with Crippen LogP contribution in [-0.4, -0.2) is 33.0 Å². The lowest BCUT2D eigenvalue weighted by Gasteiger charge is -2.18. The zero-order valence-corrected chi connectivity index (χ0v) is 13.7. The van der Waals surface area contributed by atoms with Crippen LogP contribution in [-0.2, 0) is 19.1 Å². The van der Waals surface area contributed by atoms with E-state index < -0.39 is 0 Å². The molecular formula is C10H16I2O4. The van der Waals surface area contributed by atoms with Crippen molar-refractivity contribution in [2.45, 2.75) is 38.9 Å². The first kappa shape index (κ1) is 16.4. The van der Waals surface area contributed by atoms with Crippen LogP contribution < -0.4 is 0 Å². The number of ether oxygens (including phenoxy) is 2. The van der Waals surface area contributed by atoms with Crippen LogP contribution in [0.25, 0.3) is 0 Å². The van der Waals surface area contributed by atoms with Crippen molar-refractivity contribution in [2.75, 3.05) is 8.86 Å². The Hall–Kier alpha value is 0.400. The Morgan fingerprint density at radius 2 is 1.25 bits per heavy atom. The van der Waals surface area contributed by atoms with Crippen LogP contribution in [0.3, 0.4) is 0 Å². The highest BCUT2D eigenvalue weighted by molar-refractivity contribution is 14.1. The van der Waals surface area contributed by atoms with Gasteiger partial charge in [0, 0.05) is 22.7 Å². The molecule has 0 heterocycles. The first-order valence-electron chi connectivity index (χ1n) is 4.96. The number of rotatable bonds is 7. The van der Waals surface area contributed by atoms with Crippen molar-refractivity contribution in [3.05, 3.63) is 0 Å². The first-order chi connectivity index (χ1) is 7.49. The molecule has 16 heavy (non-hydrogen) atoms. The lowest BCUT2D eigenvalue weighted by molar-refractivity contribution is -0.149. The summed E-state index contributed by atoms with van der Waals surface area (Å²) in [6.45, 7) is 2.81. The Kier molecular flexibility index (Phi) is 9.67. The highest BCUT2D eigenvalue weighted by Gasteiger charge is 2.16. The van der Waals surface area contributed by atoms with Crippen LogP contribution in [0.4, 0.5) is 0 Å². The molecule has 2 unspecified atom stereocenters. The van der Waals surface area contributed by atoms with E-state index in [1.807, 2.05) is 0 Å². The summed E-state index contributed by atoms with van der Waals surface area (Å²) in [4.78, 5) is 21.6. The molecule has 0 aromatic carbocycles. The van der Waals surface area contributed by atoms with Crippen molar-refractivity contribution in [3.63, 3.8) is 0 Å². The van der Waals surface area contributed by atoms with E-state index in [1.54, 1.807) is 0 Å². The quantitative estimate of drug-likeness (QED) is 0.337. The van der Waals surface area contributed by atoms with Gasteiger partial charge >= 0.3 is 11.9 Å². The standard InChI is InChI=1S/C10H16I2O4/c1-7(13)15-9(5-11)3-4-10(6-12)16-8(2)14/h9-10H,3-6H2,1-2H3. The lowest BCUT2D eigenvalue weighted by atomic mass is 10.1. The molecule has 4 nitrogen and oxygen atoms in total. The number of hydrogen-bond donors (Lipinski definition) is 0. The summed E-state index contributed by atoms with van der Waals surface area (Å²) >= 11 is 4.36. The molecule has 0 amide bonds. The monoisotopic (exact) mass is 454 g/mol. The van der Waals surface area contributed by atoms with Gasteiger partial charge in [-0.2, -0.15) is 0 Å². The van der Waals surface area contributed by atoms with E-state index in [0.717, 1.165) is 21.7 Å². The van der Waals surface area contributed by atoms with Crippen molar-refractivity contribution in [1.82, 2.24) is 0 Å². The summed E-state index contributed by atoms with van der Waals surface area (Å²) in [5.74, 6) is -0.527. The fourth-order valence-corrected chi connectivity index (χ4v) is 2.42. The van der Waals surface area contributed by atoms with E-state index in [4.69, 9.17) is 9.47 Å². The number of halogens is 2. The molecule has 0 aliphatic heterocycles. The molecule has 0 rings (SSSR count). The number of alkyl halides is 2. The first-order valence-corrected chi connectivity index (χ1v) is 8.01. The molecular weight excluding hydrogens is 438 g/mol. The summed E-state index contributed by atoms with van der Waals surface area (Å²) < 4.78 is 11.7. The smallest absolute Gasteiger partial charge is 0.302 e. The SMILES string of the molecule is CC(=O)OC(CI)CCC(CI)OC(C)=O. The van der Waals surface area contributed by atoms with Gasteiger partial charge in [0.15, 0.2) is 0 Å². The van der Waals surface area contributed by atoms with E-state index in [9.17, 15) is 9.59 Å². The Morgan fingerprint density at radius 3 is 1.44 bits per heavy atom. The van der Waals surface area contributed by atoms with Crippen LogP contribution in [0.15, 0.2) is 0 Å². The maximum atomic E-state index is 10.8. The van der Waals surface area contributed by atoms with Gasteiger partial charge in [0.1, 0.15) is 12.2 Å². The molecule has 0 N–H and O–H groups in total. The maximum absolute atomic E-state index is 10.8. The average molecular weight is 454 g/mol. The molecule has 0 spiro atoms. The molecule has 6 heteroatoms. The van der Waals surface area contributed by atoms with Gasteiger partial charge in [-0.15, -0.1) is 0 Å². The van der Waals surface area contributed by atoms with Gasteiger partial charge in [0.25, 0.3) is 0 Å². The molecule has 0 saturated carbocycles. The largest absolute Gasteiger partial charge is 0.462 e. The zero-order valence-electron chi connectivity index (χ0n) is 9.37. The molecule has 0 aliphatic rings. The van der Waals surface area contributed by atoms with Gasteiger partial charge < -0.3 is 9.47 Å². The number of esters is 2. The predicted octanol–water partition coefficient (Wildman–Crippen LogP) is 2.50. The zero-order chi connectivity index (χ0) is 12.6. The van der Waals surface area contributed by atoms with E-state index in [2.05, 4.69) is 45.2 Å². The summed E-state index contributed by atoms with van der Waals surface area (Å²) in [6, 6.07) is 0. The van der Waals surface area contributed by atoms with E-state index in [1.165, 1.54) is 13.8 Å². The second-order valence-electron chi connectivity index (χ2n) is 3.35. The summed E-state index contributed by atoms with van der Waals surface area (Å²) in [5.41, 5.74) is 0. The van der Waals surface area contributed by atoms with Gasteiger partial charge in [0.05, 0.1) is 0 Å². The third-order valence-corrected chi connectivity index (χ3v) is 3.78. The minimum absolute atomic E-state index is 0.0842. The third kappa shape index (κ3) is 8.54. The van der Waals surface area contributed by atoms with Crippen molar-refractivity contribution in [2.24, 2.45) is 0 Å². The van der Waals surface area contributed by atoms with Gasteiger partial charge in [0.2, 0.25) is 0 Å². The summed E-state index contributed by atoms with van der Waals surface area (Å²) in [5, 5.41) is 0. The molecule has 0 aromatic rings. The normalized spacial score (nSPS) is 14.0. The van der Waals surface area contributed by atoms with Crippen molar-refractivity contribution >= 4 is 57.1 Å². The van der Waals surface area contributed by atoms with E-state index in [0.29, 0.717) is 0 Å². The highest BCUT2D eigenvalue weighted by atomic mass is 127. The minimum Gasteiger partial charge on any atom is -0.462 e. The fourth-order valence-electron chi connectivity index (χ4n) is 1.18.